The topological polar surface area (TPSA) is 61.8 Å². The van der Waals surface area contributed by atoms with Gasteiger partial charge in [0.25, 0.3) is 0 Å². The van der Waals surface area contributed by atoms with Crippen LogP contribution in [0.2, 0.25) is 5.02 Å². The molecule has 1 atom stereocenters. The van der Waals surface area contributed by atoms with E-state index in [4.69, 9.17) is 16.3 Å². The monoisotopic (exact) mass is 296 g/mol. The molecule has 6 heteroatoms. The van der Waals surface area contributed by atoms with E-state index in [1.165, 1.54) is 16.0 Å². The number of nitrogens with zero attached hydrogens (tertiary/aromatic N) is 1. The van der Waals surface area contributed by atoms with Crippen LogP contribution in [0.4, 0.5) is 4.79 Å². The van der Waals surface area contributed by atoms with Crippen molar-refractivity contribution in [2.24, 2.45) is 0 Å². The Hall–Kier alpha value is -1.30. The predicted octanol–water partition coefficient (Wildman–Crippen LogP) is 2.04. The van der Waals surface area contributed by atoms with Crippen LogP contribution in [0.15, 0.2) is 12.1 Å². The zero-order valence-corrected chi connectivity index (χ0v) is 11.8. The van der Waals surface area contributed by atoms with Gasteiger partial charge in [0, 0.05) is 18.1 Å². The molecular formula is C14H17ClN2O3. The van der Waals surface area contributed by atoms with Crippen LogP contribution < -0.4 is 5.32 Å². The fourth-order valence-corrected chi connectivity index (χ4v) is 3.23. The van der Waals surface area contributed by atoms with Gasteiger partial charge in [0.05, 0.1) is 19.3 Å². The molecule has 1 aromatic rings. The maximum absolute atomic E-state index is 11.4. The Morgan fingerprint density at radius 1 is 1.50 bits per heavy atom. The Bertz CT molecular complexity index is 535. The summed E-state index contributed by atoms with van der Waals surface area (Å²) in [6, 6.07) is 3.59. The summed E-state index contributed by atoms with van der Waals surface area (Å²) in [6.07, 6.45) is 0.0135. The van der Waals surface area contributed by atoms with E-state index in [2.05, 4.69) is 5.32 Å². The third-order valence-electron chi connectivity index (χ3n) is 3.95. The minimum atomic E-state index is -0.907. The smallest absolute Gasteiger partial charge is 0.407 e. The van der Waals surface area contributed by atoms with Crippen molar-refractivity contribution >= 4 is 17.7 Å². The molecule has 1 aromatic carbocycles. The number of rotatable bonds is 1. The number of fused-ring (bicyclic) bond motifs is 1. The highest BCUT2D eigenvalue weighted by Crippen LogP contribution is 2.32. The van der Waals surface area contributed by atoms with E-state index in [1.807, 2.05) is 12.1 Å². The Kier molecular flexibility index (Phi) is 3.83. The van der Waals surface area contributed by atoms with Crippen molar-refractivity contribution in [2.45, 2.75) is 19.0 Å². The number of benzene rings is 1. The molecule has 1 fully saturated rings. The lowest BCUT2D eigenvalue weighted by Gasteiger charge is -2.36. The van der Waals surface area contributed by atoms with Gasteiger partial charge in [-0.15, -0.1) is 0 Å². The molecule has 3 rings (SSSR count). The Balaban J connectivity index is 2.03. The van der Waals surface area contributed by atoms with Crippen LogP contribution in [0.3, 0.4) is 0 Å². The molecule has 0 bridgehead atoms. The van der Waals surface area contributed by atoms with Gasteiger partial charge in [-0.1, -0.05) is 11.6 Å². The average Bonchev–Trinajstić information content (AvgIpc) is 2.46. The van der Waals surface area contributed by atoms with Gasteiger partial charge in [-0.3, -0.25) is 4.90 Å². The number of amides is 1. The first kappa shape index (κ1) is 13.7. The summed E-state index contributed by atoms with van der Waals surface area (Å²) in [5, 5.41) is 13.4. The van der Waals surface area contributed by atoms with Gasteiger partial charge >= 0.3 is 6.09 Å². The minimum Gasteiger partial charge on any atom is -0.465 e. The molecule has 0 radical (unpaired) electrons. The van der Waals surface area contributed by atoms with Gasteiger partial charge in [-0.05, 0) is 41.8 Å². The Morgan fingerprint density at radius 2 is 2.35 bits per heavy atom. The van der Waals surface area contributed by atoms with Gasteiger partial charge < -0.3 is 15.2 Å². The molecule has 0 aromatic heterocycles. The van der Waals surface area contributed by atoms with Crippen LogP contribution in [-0.4, -0.2) is 42.4 Å². The van der Waals surface area contributed by atoms with E-state index < -0.39 is 6.09 Å². The summed E-state index contributed by atoms with van der Waals surface area (Å²) in [7, 11) is 0. The maximum Gasteiger partial charge on any atom is 0.407 e. The third-order valence-corrected chi connectivity index (χ3v) is 4.17. The lowest BCUT2D eigenvalue weighted by Crippen LogP contribution is -2.43. The van der Waals surface area contributed by atoms with Crippen molar-refractivity contribution in [1.82, 2.24) is 10.2 Å². The molecule has 20 heavy (non-hydrogen) atoms. The summed E-state index contributed by atoms with van der Waals surface area (Å²) in [5.41, 5.74) is 3.35. The lowest BCUT2D eigenvalue weighted by atomic mass is 9.91. The summed E-state index contributed by atoms with van der Waals surface area (Å²) < 4.78 is 5.48. The number of carboxylic acid groups (broad SMARTS) is 1. The third kappa shape index (κ3) is 2.49. The maximum atomic E-state index is 11.4. The van der Waals surface area contributed by atoms with E-state index in [-0.39, 0.29) is 6.04 Å². The highest BCUT2D eigenvalue weighted by molar-refractivity contribution is 6.30. The van der Waals surface area contributed by atoms with Crippen LogP contribution in [0, 0.1) is 0 Å². The van der Waals surface area contributed by atoms with E-state index in [9.17, 15) is 9.90 Å². The van der Waals surface area contributed by atoms with Crippen LogP contribution in [-0.2, 0) is 17.7 Å². The summed E-state index contributed by atoms with van der Waals surface area (Å²) in [6.45, 7) is 2.92. The summed E-state index contributed by atoms with van der Waals surface area (Å²) >= 11 is 6.20. The molecule has 2 aliphatic heterocycles. The molecule has 1 saturated heterocycles. The van der Waals surface area contributed by atoms with E-state index in [0.717, 1.165) is 25.1 Å². The molecule has 108 valence electrons. The highest BCUT2D eigenvalue weighted by Gasteiger charge is 2.31. The average molecular weight is 297 g/mol. The zero-order chi connectivity index (χ0) is 14.1. The second-order valence-electron chi connectivity index (χ2n) is 5.13. The van der Waals surface area contributed by atoms with Crippen LogP contribution in [0.25, 0.3) is 0 Å². The van der Waals surface area contributed by atoms with Crippen molar-refractivity contribution in [3.8, 4) is 0 Å². The zero-order valence-electron chi connectivity index (χ0n) is 11.1. The standard InChI is InChI=1S/C14H17ClN2O3/c15-10-5-9-1-2-16-7-12(9)11(6-10)13-8-20-4-3-17(13)14(18)19/h5-6,13,16H,1-4,7-8H2,(H,18,19)/t13-/m0/s1. The van der Waals surface area contributed by atoms with Gasteiger partial charge in [-0.25, -0.2) is 4.79 Å². The fourth-order valence-electron chi connectivity index (χ4n) is 2.98. The summed E-state index contributed by atoms with van der Waals surface area (Å²) in [5.74, 6) is 0. The normalized spacial score (nSPS) is 22.4. The second kappa shape index (κ2) is 5.60. The highest BCUT2D eigenvalue weighted by atomic mass is 35.5. The Labute approximate surface area is 122 Å². The van der Waals surface area contributed by atoms with Crippen LogP contribution in [0.5, 0.6) is 0 Å². The van der Waals surface area contributed by atoms with Crippen molar-refractivity contribution < 1.29 is 14.6 Å². The number of nitrogens with one attached hydrogen (secondary N) is 1. The van der Waals surface area contributed by atoms with Gasteiger partial charge in [0.1, 0.15) is 0 Å². The first-order chi connectivity index (χ1) is 9.66. The van der Waals surface area contributed by atoms with Crippen LogP contribution in [0.1, 0.15) is 22.7 Å². The quantitative estimate of drug-likeness (QED) is 0.832. The number of halogens is 1. The molecule has 5 nitrogen and oxygen atoms in total. The van der Waals surface area contributed by atoms with Crippen molar-refractivity contribution in [2.75, 3.05) is 26.3 Å². The molecule has 0 saturated carbocycles. The predicted molar refractivity (Wildman–Crippen MR) is 75.2 cm³/mol. The molecular weight excluding hydrogens is 280 g/mol. The van der Waals surface area contributed by atoms with Crippen LogP contribution >= 0.6 is 11.6 Å². The van der Waals surface area contributed by atoms with Crippen molar-refractivity contribution in [3.63, 3.8) is 0 Å². The van der Waals surface area contributed by atoms with E-state index >= 15 is 0 Å². The lowest BCUT2D eigenvalue weighted by molar-refractivity contribution is -0.00125. The molecule has 2 heterocycles. The minimum absolute atomic E-state index is 0.270. The number of hydrogen-bond donors (Lipinski definition) is 2. The first-order valence-corrected chi connectivity index (χ1v) is 7.14. The van der Waals surface area contributed by atoms with Crippen molar-refractivity contribution in [1.29, 1.82) is 0 Å². The molecule has 2 N–H and O–H groups in total. The molecule has 0 spiro atoms. The number of carbonyl (C=O) groups is 1. The molecule has 2 aliphatic rings. The fraction of sp³-hybridized carbons (Fsp3) is 0.500. The van der Waals surface area contributed by atoms with Gasteiger partial charge in [0.15, 0.2) is 0 Å². The molecule has 0 unspecified atom stereocenters. The molecule has 0 aliphatic carbocycles. The van der Waals surface area contributed by atoms with E-state index in [1.54, 1.807) is 0 Å². The number of morpholine rings is 1. The van der Waals surface area contributed by atoms with E-state index in [0.29, 0.717) is 24.8 Å². The molecule has 1 amide bonds. The Morgan fingerprint density at radius 3 is 3.15 bits per heavy atom. The second-order valence-corrected chi connectivity index (χ2v) is 5.56. The summed E-state index contributed by atoms with van der Waals surface area (Å²) in [4.78, 5) is 12.9. The van der Waals surface area contributed by atoms with Crippen molar-refractivity contribution in [3.05, 3.63) is 33.8 Å². The SMILES string of the molecule is O=C(O)N1CCOC[C@H]1c1cc(Cl)cc2c1CNCC2. The first-order valence-electron chi connectivity index (χ1n) is 6.76. The largest absolute Gasteiger partial charge is 0.465 e. The van der Waals surface area contributed by atoms with Gasteiger partial charge in [-0.2, -0.15) is 0 Å². The number of ether oxygens (including phenoxy) is 1. The number of hydrogen-bond acceptors (Lipinski definition) is 3. The van der Waals surface area contributed by atoms with Gasteiger partial charge in [0.2, 0.25) is 0 Å².